The number of aliphatic carboxylic acids is 1. The Bertz CT molecular complexity index is 1680. The Morgan fingerprint density at radius 1 is 1.04 bits per heavy atom. The first kappa shape index (κ1) is 34.0. The maximum Gasteiger partial charge on any atom is 0.337 e. The van der Waals surface area contributed by atoms with E-state index in [2.05, 4.69) is 28.8 Å². The molecule has 10 heteroatoms. The van der Waals surface area contributed by atoms with Gasteiger partial charge in [0.2, 0.25) is 0 Å². The van der Waals surface area contributed by atoms with E-state index >= 15 is 0 Å². The Morgan fingerprint density at radius 3 is 2.28 bits per heavy atom. The molecule has 1 fully saturated rings. The fourth-order valence-electron chi connectivity index (χ4n) is 6.02. The molecule has 1 aliphatic heterocycles. The van der Waals surface area contributed by atoms with Crippen LogP contribution in [0.1, 0.15) is 81.9 Å². The molecular weight excluding hydrogens is 597 g/mol. The van der Waals surface area contributed by atoms with Gasteiger partial charge in [0, 0.05) is 36.3 Å². The zero-order valence-electron chi connectivity index (χ0n) is 28.5. The number of carboxylic acid groups (broad SMARTS) is 1. The van der Waals surface area contributed by atoms with Crippen LogP contribution in [-0.2, 0) is 22.5 Å². The maximum atomic E-state index is 13.3. The molecule has 47 heavy (non-hydrogen) atoms. The van der Waals surface area contributed by atoms with Crippen molar-refractivity contribution in [1.82, 2.24) is 19.7 Å². The first-order chi connectivity index (χ1) is 22.2. The normalized spacial score (nSPS) is 15.4. The van der Waals surface area contributed by atoms with Crippen molar-refractivity contribution in [3.63, 3.8) is 0 Å². The summed E-state index contributed by atoms with van der Waals surface area (Å²) in [5, 5.41) is 15.1. The van der Waals surface area contributed by atoms with Crippen molar-refractivity contribution in [1.29, 1.82) is 0 Å². The van der Waals surface area contributed by atoms with Gasteiger partial charge in [-0.25, -0.2) is 18.9 Å². The number of carboxylic acids is 1. The standard InChI is InChI=1S/C37H46FN5O4/c1-24-31(34(35(44)45)47-36(3,4)5)33(42-19-17-37(6,7)18-20-42)32(30(40-24)22-43-23-39-25(2)41-43)27-10-14-29(15-11-27)46-21-16-26-8-12-28(38)13-9-26/h8-15,23,34H,16-22H2,1-7H3,(H,44,45)/t34-/m0/s1. The largest absolute Gasteiger partial charge is 0.493 e. The van der Waals surface area contributed by atoms with Crippen molar-refractivity contribution in [3.05, 3.63) is 89.0 Å². The number of hydrogen-bond donors (Lipinski definition) is 1. The summed E-state index contributed by atoms with van der Waals surface area (Å²) in [4.78, 5) is 24.6. The number of rotatable bonds is 11. The number of benzene rings is 2. The van der Waals surface area contributed by atoms with Crippen LogP contribution in [0.3, 0.4) is 0 Å². The van der Waals surface area contributed by atoms with Crippen LogP contribution in [0.15, 0.2) is 54.9 Å². The Kier molecular flexibility index (Phi) is 10.0. The van der Waals surface area contributed by atoms with Crippen molar-refractivity contribution in [2.75, 3.05) is 24.6 Å². The number of carbonyl (C=O) groups is 1. The lowest BCUT2D eigenvalue weighted by Gasteiger charge is -2.41. The van der Waals surface area contributed by atoms with Crippen LogP contribution in [0, 0.1) is 25.1 Å². The number of nitrogens with zero attached hydrogens (tertiary/aromatic N) is 5. The molecule has 1 atom stereocenters. The van der Waals surface area contributed by atoms with E-state index in [1.165, 1.54) is 12.1 Å². The number of ether oxygens (including phenoxy) is 2. The van der Waals surface area contributed by atoms with Gasteiger partial charge in [-0.3, -0.25) is 4.98 Å². The predicted octanol–water partition coefficient (Wildman–Crippen LogP) is 7.33. The average molecular weight is 644 g/mol. The first-order valence-electron chi connectivity index (χ1n) is 16.2. The first-order valence-corrected chi connectivity index (χ1v) is 16.2. The molecule has 250 valence electrons. The fraction of sp³-hybridized carbons (Fsp3) is 0.459. The monoisotopic (exact) mass is 643 g/mol. The molecule has 0 unspecified atom stereocenters. The van der Waals surface area contributed by atoms with Gasteiger partial charge in [-0.1, -0.05) is 38.1 Å². The molecule has 0 bridgehead atoms. The van der Waals surface area contributed by atoms with Crippen LogP contribution >= 0.6 is 0 Å². The molecule has 2 aromatic carbocycles. The Morgan fingerprint density at radius 2 is 1.70 bits per heavy atom. The van der Waals surface area contributed by atoms with Gasteiger partial charge >= 0.3 is 5.97 Å². The summed E-state index contributed by atoms with van der Waals surface area (Å²) in [6, 6.07) is 14.3. The highest BCUT2D eigenvalue weighted by Crippen LogP contribution is 2.45. The maximum absolute atomic E-state index is 13.3. The molecule has 5 rings (SSSR count). The SMILES string of the molecule is Cc1ncn(Cc2nc(C)c([C@H](OC(C)(C)C)C(=O)O)c(N3CCC(C)(C)CC3)c2-c2ccc(OCCc3ccc(F)cc3)cc2)n1. The molecule has 9 nitrogen and oxygen atoms in total. The van der Waals surface area contributed by atoms with Crippen LogP contribution in [-0.4, -0.2) is 56.1 Å². The fourth-order valence-corrected chi connectivity index (χ4v) is 6.02. The highest BCUT2D eigenvalue weighted by atomic mass is 19.1. The second kappa shape index (κ2) is 13.8. The van der Waals surface area contributed by atoms with E-state index in [4.69, 9.17) is 14.5 Å². The van der Waals surface area contributed by atoms with Crippen molar-refractivity contribution < 1.29 is 23.8 Å². The molecule has 0 aliphatic carbocycles. The summed E-state index contributed by atoms with van der Waals surface area (Å²) in [5.41, 5.74) is 4.98. The average Bonchev–Trinajstić information content (AvgIpc) is 3.41. The van der Waals surface area contributed by atoms with E-state index in [0.29, 0.717) is 42.4 Å². The van der Waals surface area contributed by atoms with Crippen molar-refractivity contribution in [2.24, 2.45) is 5.41 Å². The van der Waals surface area contributed by atoms with E-state index in [1.54, 1.807) is 23.1 Å². The minimum Gasteiger partial charge on any atom is -0.493 e. The van der Waals surface area contributed by atoms with E-state index in [0.717, 1.165) is 54.0 Å². The number of piperidine rings is 1. The third-order valence-corrected chi connectivity index (χ3v) is 8.54. The molecular formula is C37H46FN5O4. The molecule has 0 radical (unpaired) electrons. The van der Waals surface area contributed by atoms with Gasteiger partial charge in [-0.05, 0) is 88.3 Å². The lowest BCUT2D eigenvalue weighted by atomic mass is 9.81. The minimum atomic E-state index is -1.22. The summed E-state index contributed by atoms with van der Waals surface area (Å²) >= 11 is 0. The third-order valence-electron chi connectivity index (χ3n) is 8.54. The second-order valence-corrected chi connectivity index (χ2v) is 14.1. The van der Waals surface area contributed by atoms with E-state index in [-0.39, 0.29) is 11.2 Å². The Labute approximate surface area is 276 Å². The Balaban J connectivity index is 1.61. The summed E-state index contributed by atoms with van der Waals surface area (Å²) in [6.07, 6.45) is 3.04. The van der Waals surface area contributed by atoms with Gasteiger partial charge < -0.3 is 19.5 Å². The smallest absolute Gasteiger partial charge is 0.337 e. The zero-order valence-corrected chi connectivity index (χ0v) is 28.5. The van der Waals surface area contributed by atoms with Crippen LogP contribution in [0.4, 0.5) is 10.1 Å². The van der Waals surface area contributed by atoms with E-state index < -0.39 is 17.7 Å². The third kappa shape index (κ3) is 8.54. The summed E-state index contributed by atoms with van der Waals surface area (Å²) < 4.78 is 27.4. The molecule has 2 aromatic heterocycles. The van der Waals surface area contributed by atoms with Crippen molar-refractivity contribution >= 4 is 11.7 Å². The minimum absolute atomic E-state index is 0.182. The number of halogens is 1. The quantitative estimate of drug-likeness (QED) is 0.181. The van der Waals surface area contributed by atoms with Gasteiger partial charge in [-0.2, -0.15) is 5.10 Å². The van der Waals surface area contributed by atoms with E-state index in [9.17, 15) is 14.3 Å². The highest BCUT2D eigenvalue weighted by molar-refractivity contribution is 5.88. The summed E-state index contributed by atoms with van der Waals surface area (Å²) in [6.45, 7) is 16.2. The van der Waals surface area contributed by atoms with Gasteiger partial charge in [0.1, 0.15) is 23.7 Å². The number of anilines is 1. The van der Waals surface area contributed by atoms with Crippen LogP contribution in [0.5, 0.6) is 5.75 Å². The van der Waals surface area contributed by atoms with Crippen LogP contribution in [0.2, 0.25) is 0 Å². The van der Waals surface area contributed by atoms with Gasteiger partial charge in [0.25, 0.3) is 0 Å². The number of hydrogen-bond acceptors (Lipinski definition) is 7. The van der Waals surface area contributed by atoms with Crippen LogP contribution < -0.4 is 9.64 Å². The molecule has 1 aliphatic rings. The van der Waals surface area contributed by atoms with Gasteiger partial charge in [0.05, 0.1) is 30.1 Å². The molecule has 0 amide bonds. The van der Waals surface area contributed by atoms with Gasteiger partial charge in [-0.15, -0.1) is 0 Å². The number of pyridine rings is 1. The zero-order chi connectivity index (χ0) is 33.9. The molecule has 0 spiro atoms. The molecule has 1 saturated heterocycles. The predicted molar refractivity (Wildman–Crippen MR) is 180 cm³/mol. The topological polar surface area (TPSA) is 103 Å². The summed E-state index contributed by atoms with van der Waals surface area (Å²) in [7, 11) is 0. The molecule has 4 aromatic rings. The molecule has 0 saturated carbocycles. The lowest BCUT2D eigenvalue weighted by Crippen LogP contribution is -2.39. The number of aromatic nitrogens is 4. The van der Waals surface area contributed by atoms with E-state index in [1.807, 2.05) is 58.9 Å². The lowest BCUT2D eigenvalue weighted by molar-refractivity contribution is -0.160. The second-order valence-electron chi connectivity index (χ2n) is 14.1. The Hall–Kier alpha value is -4.31. The number of aryl methyl sites for hydroxylation is 2. The molecule has 1 N–H and O–H groups in total. The molecule has 3 heterocycles. The van der Waals surface area contributed by atoms with Crippen LogP contribution in [0.25, 0.3) is 11.1 Å². The highest BCUT2D eigenvalue weighted by Gasteiger charge is 2.37. The van der Waals surface area contributed by atoms with Crippen molar-refractivity contribution in [3.8, 4) is 16.9 Å². The van der Waals surface area contributed by atoms with Crippen molar-refractivity contribution in [2.45, 2.75) is 86.0 Å². The summed E-state index contributed by atoms with van der Waals surface area (Å²) in [5.74, 6) is 0.0407. The van der Waals surface area contributed by atoms with Gasteiger partial charge in [0.15, 0.2) is 6.10 Å².